The summed E-state index contributed by atoms with van der Waals surface area (Å²) in [4.78, 5) is 13.1. The molecule has 0 spiro atoms. The number of methoxy groups -OCH3 is 2. The van der Waals surface area contributed by atoms with E-state index >= 15 is 0 Å². The van der Waals surface area contributed by atoms with Crippen molar-refractivity contribution in [2.45, 2.75) is 13.3 Å². The minimum absolute atomic E-state index is 0.168. The molecule has 96 valence electrons. The van der Waals surface area contributed by atoms with Crippen molar-refractivity contribution in [1.82, 2.24) is 4.90 Å². The molecule has 0 aromatic carbocycles. The summed E-state index contributed by atoms with van der Waals surface area (Å²) in [7, 11) is 3.06. The number of hydrogen-bond acceptors (Lipinski definition) is 5. The maximum Gasteiger partial charge on any atom is 0.306 e. The highest BCUT2D eigenvalue weighted by Gasteiger charge is 2.06. The fourth-order valence-corrected chi connectivity index (χ4v) is 1.22. The van der Waals surface area contributed by atoms with Crippen LogP contribution in [0, 0.1) is 0 Å². The molecule has 0 heterocycles. The number of ether oxygens (including phenoxy) is 3. The lowest BCUT2D eigenvalue weighted by atomic mass is 10.3. The van der Waals surface area contributed by atoms with Gasteiger partial charge >= 0.3 is 5.97 Å². The highest BCUT2D eigenvalue weighted by Crippen LogP contribution is 1.93. The molecule has 0 amide bonds. The van der Waals surface area contributed by atoms with Crippen LogP contribution in [0.1, 0.15) is 13.3 Å². The van der Waals surface area contributed by atoms with Gasteiger partial charge in [-0.15, -0.1) is 0 Å². The van der Waals surface area contributed by atoms with Gasteiger partial charge in [-0.25, -0.2) is 0 Å². The van der Waals surface area contributed by atoms with Crippen LogP contribution in [-0.2, 0) is 19.0 Å². The van der Waals surface area contributed by atoms with E-state index in [0.717, 1.165) is 19.6 Å². The number of carbonyl (C=O) groups excluding carboxylic acids is 1. The van der Waals surface area contributed by atoms with Crippen molar-refractivity contribution in [1.29, 1.82) is 0 Å². The first-order valence-electron chi connectivity index (χ1n) is 5.60. The van der Waals surface area contributed by atoms with Crippen LogP contribution >= 0.6 is 0 Å². The molecule has 0 saturated carbocycles. The van der Waals surface area contributed by atoms with E-state index in [0.29, 0.717) is 26.2 Å². The summed E-state index contributed by atoms with van der Waals surface area (Å²) in [5, 5.41) is 0. The van der Waals surface area contributed by atoms with Gasteiger partial charge in [0, 0.05) is 20.2 Å². The molecule has 16 heavy (non-hydrogen) atoms. The van der Waals surface area contributed by atoms with Gasteiger partial charge in [0.05, 0.1) is 33.4 Å². The molecule has 0 fully saturated rings. The number of nitrogens with zero attached hydrogens (tertiary/aromatic N) is 1. The van der Waals surface area contributed by atoms with E-state index in [9.17, 15) is 4.79 Å². The van der Waals surface area contributed by atoms with Crippen LogP contribution in [0.5, 0.6) is 0 Å². The second kappa shape index (κ2) is 10.9. The smallest absolute Gasteiger partial charge is 0.306 e. The first-order chi connectivity index (χ1) is 7.74. The van der Waals surface area contributed by atoms with Crippen LogP contribution in [0.25, 0.3) is 0 Å². The second-order valence-electron chi connectivity index (χ2n) is 3.37. The van der Waals surface area contributed by atoms with E-state index in [4.69, 9.17) is 9.47 Å². The van der Waals surface area contributed by atoms with Crippen LogP contribution in [0.15, 0.2) is 0 Å². The van der Waals surface area contributed by atoms with Gasteiger partial charge in [-0.2, -0.15) is 0 Å². The molecule has 0 unspecified atom stereocenters. The predicted molar refractivity (Wildman–Crippen MR) is 61.4 cm³/mol. The largest absolute Gasteiger partial charge is 0.469 e. The Bertz CT molecular complexity index is 175. The van der Waals surface area contributed by atoms with Crippen molar-refractivity contribution in [3.8, 4) is 0 Å². The molecule has 0 N–H and O–H groups in total. The van der Waals surface area contributed by atoms with Gasteiger partial charge in [-0.3, -0.25) is 4.79 Å². The Kier molecular flexibility index (Phi) is 10.4. The lowest BCUT2D eigenvalue weighted by molar-refractivity contribution is -0.141. The zero-order valence-corrected chi connectivity index (χ0v) is 10.5. The third-order valence-corrected chi connectivity index (χ3v) is 2.29. The van der Waals surface area contributed by atoms with Gasteiger partial charge in [-0.05, 0) is 6.54 Å². The van der Waals surface area contributed by atoms with Crippen molar-refractivity contribution in [2.75, 3.05) is 53.7 Å². The number of hydrogen-bond donors (Lipinski definition) is 0. The highest BCUT2D eigenvalue weighted by molar-refractivity contribution is 5.69. The SMILES string of the molecule is CCN(CCOCCOC)CCC(=O)OC. The molecular weight excluding hydrogens is 210 g/mol. The summed E-state index contributed by atoms with van der Waals surface area (Å²) in [5.74, 6) is -0.168. The van der Waals surface area contributed by atoms with Crippen molar-refractivity contribution in [3.05, 3.63) is 0 Å². The molecule has 0 aliphatic rings. The van der Waals surface area contributed by atoms with E-state index in [2.05, 4.69) is 16.6 Å². The average molecular weight is 233 g/mol. The zero-order chi connectivity index (χ0) is 12.2. The van der Waals surface area contributed by atoms with E-state index in [1.54, 1.807) is 7.11 Å². The molecule has 0 aromatic heterocycles. The van der Waals surface area contributed by atoms with E-state index in [1.807, 2.05) is 0 Å². The number of rotatable bonds is 10. The first kappa shape index (κ1) is 15.3. The third-order valence-electron chi connectivity index (χ3n) is 2.29. The Morgan fingerprint density at radius 1 is 1.12 bits per heavy atom. The number of esters is 1. The Labute approximate surface area is 97.7 Å². The summed E-state index contributed by atoms with van der Waals surface area (Å²) >= 11 is 0. The van der Waals surface area contributed by atoms with E-state index in [-0.39, 0.29) is 5.97 Å². The first-order valence-corrected chi connectivity index (χ1v) is 5.60. The third kappa shape index (κ3) is 8.64. The lowest BCUT2D eigenvalue weighted by Gasteiger charge is -2.19. The summed E-state index contributed by atoms with van der Waals surface area (Å²) < 4.78 is 14.8. The molecule has 0 aromatic rings. The summed E-state index contributed by atoms with van der Waals surface area (Å²) in [6, 6.07) is 0. The standard InChI is InChI=1S/C11H23NO4/c1-4-12(6-5-11(13)15-3)7-8-16-10-9-14-2/h4-10H2,1-3H3. The van der Waals surface area contributed by atoms with Gasteiger partial charge < -0.3 is 19.1 Å². The maximum atomic E-state index is 11.0. The quantitative estimate of drug-likeness (QED) is 0.407. The number of likely N-dealkylation sites (N-methyl/N-ethyl adjacent to an activating group) is 1. The van der Waals surface area contributed by atoms with Gasteiger partial charge in [0.15, 0.2) is 0 Å². The second-order valence-corrected chi connectivity index (χ2v) is 3.37. The van der Waals surface area contributed by atoms with Crippen LogP contribution < -0.4 is 0 Å². The Balaban J connectivity index is 3.47. The summed E-state index contributed by atoms with van der Waals surface area (Å²) in [6.07, 6.45) is 0.433. The molecule has 0 aliphatic carbocycles. The normalized spacial score (nSPS) is 10.8. The van der Waals surface area contributed by atoms with Gasteiger partial charge in [0.1, 0.15) is 0 Å². The average Bonchev–Trinajstić information content (AvgIpc) is 2.32. The number of carbonyl (C=O) groups is 1. The zero-order valence-electron chi connectivity index (χ0n) is 10.5. The highest BCUT2D eigenvalue weighted by atomic mass is 16.5. The molecule has 0 rings (SSSR count). The fraction of sp³-hybridized carbons (Fsp3) is 0.909. The predicted octanol–water partition coefficient (Wildman–Crippen LogP) is 0.534. The molecule has 5 nitrogen and oxygen atoms in total. The lowest BCUT2D eigenvalue weighted by Crippen LogP contribution is -2.30. The Hall–Kier alpha value is -0.650. The van der Waals surface area contributed by atoms with Crippen LogP contribution in [0.4, 0.5) is 0 Å². The van der Waals surface area contributed by atoms with Gasteiger partial charge in [0.25, 0.3) is 0 Å². The van der Waals surface area contributed by atoms with Crippen molar-refractivity contribution >= 4 is 5.97 Å². The Morgan fingerprint density at radius 2 is 1.88 bits per heavy atom. The molecule has 5 heteroatoms. The molecule has 0 atom stereocenters. The molecule has 0 aliphatic heterocycles. The summed E-state index contributed by atoms with van der Waals surface area (Å²) in [6.45, 7) is 6.42. The van der Waals surface area contributed by atoms with E-state index < -0.39 is 0 Å². The van der Waals surface area contributed by atoms with Crippen molar-refractivity contribution in [3.63, 3.8) is 0 Å². The van der Waals surface area contributed by atoms with Gasteiger partial charge in [-0.1, -0.05) is 6.92 Å². The van der Waals surface area contributed by atoms with Crippen molar-refractivity contribution in [2.24, 2.45) is 0 Å². The Morgan fingerprint density at radius 3 is 2.44 bits per heavy atom. The molecule has 0 saturated heterocycles. The van der Waals surface area contributed by atoms with Crippen LogP contribution in [0.3, 0.4) is 0 Å². The molecule has 0 radical (unpaired) electrons. The molecule has 0 bridgehead atoms. The molecular formula is C11H23NO4. The van der Waals surface area contributed by atoms with E-state index in [1.165, 1.54) is 7.11 Å². The fourth-order valence-electron chi connectivity index (χ4n) is 1.22. The minimum atomic E-state index is -0.168. The monoisotopic (exact) mass is 233 g/mol. The minimum Gasteiger partial charge on any atom is -0.469 e. The topological polar surface area (TPSA) is 48.0 Å². The summed E-state index contributed by atoms with van der Waals surface area (Å²) in [5.41, 5.74) is 0. The van der Waals surface area contributed by atoms with Crippen molar-refractivity contribution < 1.29 is 19.0 Å². The maximum absolute atomic E-state index is 11.0. The van der Waals surface area contributed by atoms with Gasteiger partial charge in [0.2, 0.25) is 0 Å². The van der Waals surface area contributed by atoms with Crippen LogP contribution in [-0.4, -0.2) is 64.5 Å². The van der Waals surface area contributed by atoms with Crippen LogP contribution in [0.2, 0.25) is 0 Å².